The fourth-order valence-corrected chi connectivity index (χ4v) is 4.77. The maximum Gasteiger partial charge on any atom is 0.261 e. The third kappa shape index (κ3) is 5.23. The van der Waals surface area contributed by atoms with E-state index in [1.807, 2.05) is 27.0 Å². The first-order valence-electron chi connectivity index (χ1n) is 12.3. The minimum Gasteiger partial charge on any atom is -0.381 e. The van der Waals surface area contributed by atoms with E-state index in [4.69, 9.17) is 14.2 Å². The molecule has 0 spiro atoms. The van der Waals surface area contributed by atoms with Crippen molar-refractivity contribution in [3.05, 3.63) is 34.9 Å². The molecule has 34 heavy (non-hydrogen) atoms. The molecule has 0 aliphatic carbocycles. The van der Waals surface area contributed by atoms with Crippen LogP contribution in [-0.2, 0) is 11.2 Å². The quantitative estimate of drug-likeness (QED) is 0.581. The zero-order valence-corrected chi connectivity index (χ0v) is 20.9. The molecule has 2 aromatic heterocycles. The van der Waals surface area contributed by atoms with Crippen LogP contribution in [0.2, 0.25) is 0 Å². The molecule has 2 unspecified atom stereocenters. The third-order valence-electron chi connectivity index (χ3n) is 6.73. The van der Waals surface area contributed by atoms with Gasteiger partial charge in [-0.3, -0.25) is 0 Å². The van der Waals surface area contributed by atoms with Crippen molar-refractivity contribution in [2.75, 3.05) is 44.8 Å². The molecule has 2 saturated heterocycles. The van der Waals surface area contributed by atoms with Gasteiger partial charge in [-0.1, -0.05) is 19.0 Å². The van der Waals surface area contributed by atoms with Crippen molar-refractivity contribution in [3.63, 3.8) is 0 Å². The number of aromatic nitrogens is 3. The van der Waals surface area contributed by atoms with E-state index in [1.54, 1.807) is 13.0 Å². The van der Waals surface area contributed by atoms with Crippen molar-refractivity contribution in [3.8, 4) is 11.5 Å². The predicted octanol–water partition coefficient (Wildman–Crippen LogP) is 4.69. The number of ether oxygens (including phenoxy) is 1. The van der Waals surface area contributed by atoms with E-state index in [9.17, 15) is 4.39 Å². The number of fused-ring (bicyclic) bond motifs is 1. The number of halogens is 1. The minimum absolute atomic E-state index is 0.274. The summed E-state index contributed by atoms with van der Waals surface area (Å²) in [7, 11) is 1.98. The Hall–Kier alpha value is -2.58. The molecule has 8 heteroatoms. The van der Waals surface area contributed by atoms with Crippen molar-refractivity contribution >= 4 is 16.7 Å². The first-order valence-corrected chi connectivity index (χ1v) is 12.3. The van der Waals surface area contributed by atoms with Gasteiger partial charge in [-0.2, -0.15) is 4.98 Å². The van der Waals surface area contributed by atoms with Crippen LogP contribution in [0.1, 0.15) is 43.6 Å². The zero-order chi connectivity index (χ0) is 24.2. The fraction of sp³-hybridized carbons (Fsp3) is 0.577. The Bertz CT molecular complexity index is 1130. The predicted molar refractivity (Wildman–Crippen MR) is 133 cm³/mol. The average molecular weight is 470 g/mol. The number of hydrogen-bond donors (Lipinski definition) is 1. The van der Waals surface area contributed by atoms with E-state index in [-0.39, 0.29) is 5.82 Å². The van der Waals surface area contributed by atoms with E-state index in [1.165, 1.54) is 6.42 Å². The summed E-state index contributed by atoms with van der Waals surface area (Å²) in [6.45, 7) is 12.8. The van der Waals surface area contributed by atoms with Gasteiger partial charge in [0.2, 0.25) is 0 Å². The van der Waals surface area contributed by atoms with Gasteiger partial charge in [-0.25, -0.2) is 9.37 Å². The third-order valence-corrected chi connectivity index (χ3v) is 6.73. The van der Waals surface area contributed by atoms with Crippen molar-refractivity contribution in [1.82, 2.24) is 20.4 Å². The molecular weight excluding hydrogens is 433 g/mol. The van der Waals surface area contributed by atoms with Gasteiger partial charge < -0.3 is 19.5 Å². The number of pyridine rings is 1. The monoisotopic (exact) mass is 469 g/mol. The molecule has 0 radical (unpaired) electrons. The lowest BCUT2D eigenvalue weighted by Gasteiger charge is -2.22. The van der Waals surface area contributed by atoms with Gasteiger partial charge >= 0.3 is 0 Å². The number of hydrogen-bond acceptors (Lipinski definition) is 7. The summed E-state index contributed by atoms with van der Waals surface area (Å²) in [6, 6.07) is 3.60. The van der Waals surface area contributed by atoms with E-state index in [0.717, 1.165) is 79.5 Å². The van der Waals surface area contributed by atoms with E-state index in [0.29, 0.717) is 23.1 Å². The Morgan fingerprint density at radius 1 is 1.21 bits per heavy atom. The first-order chi connectivity index (χ1) is 16.4. The molecule has 0 amide bonds. The number of nitrogens with zero attached hydrogens (tertiary/aromatic N) is 4. The second-order valence-corrected chi connectivity index (χ2v) is 9.54. The summed E-state index contributed by atoms with van der Waals surface area (Å²) in [5, 5.41) is 7.88. The molecule has 1 N–H and O–H groups in total. The Labute approximate surface area is 201 Å². The number of aryl methyl sites for hydroxylation is 3. The maximum atomic E-state index is 14.8. The summed E-state index contributed by atoms with van der Waals surface area (Å²) in [4.78, 5) is 11.4. The van der Waals surface area contributed by atoms with Gasteiger partial charge in [0, 0.05) is 25.1 Å². The van der Waals surface area contributed by atoms with Crippen molar-refractivity contribution < 1.29 is 13.7 Å². The molecule has 0 bridgehead atoms. The lowest BCUT2D eigenvalue weighted by atomic mass is 10.00. The van der Waals surface area contributed by atoms with Crippen LogP contribution in [0.5, 0.6) is 0 Å². The number of benzene rings is 1. The smallest absolute Gasteiger partial charge is 0.261 e. The Kier molecular flexibility index (Phi) is 7.78. The van der Waals surface area contributed by atoms with Gasteiger partial charge in [0.15, 0.2) is 5.82 Å². The molecule has 2 aliphatic heterocycles. The van der Waals surface area contributed by atoms with E-state index in [2.05, 4.69) is 27.3 Å². The van der Waals surface area contributed by atoms with Crippen LogP contribution in [0.25, 0.3) is 22.4 Å². The Balaban J connectivity index is 0.000000291. The lowest BCUT2D eigenvalue weighted by Crippen LogP contribution is -2.22. The molecule has 0 saturated carbocycles. The fourth-order valence-electron chi connectivity index (χ4n) is 4.77. The zero-order valence-electron chi connectivity index (χ0n) is 20.9. The van der Waals surface area contributed by atoms with Gasteiger partial charge in [0.1, 0.15) is 17.2 Å². The second-order valence-electron chi connectivity index (χ2n) is 9.54. The normalized spacial score (nSPS) is 20.1. The molecule has 184 valence electrons. The van der Waals surface area contributed by atoms with Gasteiger partial charge in [-0.15, -0.1) is 0 Å². The van der Waals surface area contributed by atoms with Crippen LogP contribution in [0.4, 0.5) is 10.2 Å². The average Bonchev–Trinajstić information content (AvgIpc) is 3.58. The summed E-state index contributed by atoms with van der Waals surface area (Å²) in [5.41, 5.74) is 3.12. The lowest BCUT2D eigenvalue weighted by molar-refractivity contribution is 0.185. The summed E-state index contributed by atoms with van der Waals surface area (Å²) in [6.07, 6.45) is 3.10. The molecule has 2 atom stereocenters. The molecule has 4 heterocycles. The summed E-state index contributed by atoms with van der Waals surface area (Å²) in [5.74, 6) is 2.85. The van der Waals surface area contributed by atoms with Crippen LogP contribution in [0.15, 0.2) is 16.7 Å². The highest BCUT2D eigenvalue weighted by Crippen LogP contribution is 2.38. The molecule has 2 aliphatic rings. The highest BCUT2D eigenvalue weighted by Gasteiger charge is 2.28. The van der Waals surface area contributed by atoms with Crippen molar-refractivity contribution in [2.24, 2.45) is 11.8 Å². The van der Waals surface area contributed by atoms with Crippen LogP contribution in [0.3, 0.4) is 0 Å². The van der Waals surface area contributed by atoms with Crippen molar-refractivity contribution in [2.45, 2.75) is 47.0 Å². The standard InChI is InChI=1S/C20H23FN4O.C6H13NO/c1-5-14-8-15-12(3)17(20-22-13(4)24-26-20)19(23-18(15)16(21)9-14)25-7-6-11(2)10-25;1-7-4-6-2-3-8-5-6/h8-9,11H,5-7,10H2,1-4H3;6-7H,2-5H2,1H3. The Morgan fingerprint density at radius 3 is 2.62 bits per heavy atom. The molecule has 1 aromatic carbocycles. The van der Waals surface area contributed by atoms with Gasteiger partial charge in [0.25, 0.3) is 5.89 Å². The Morgan fingerprint density at radius 2 is 2.03 bits per heavy atom. The van der Waals surface area contributed by atoms with Gasteiger partial charge in [-0.05, 0) is 81.8 Å². The summed E-state index contributed by atoms with van der Waals surface area (Å²) >= 11 is 0. The van der Waals surface area contributed by atoms with E-state index >= 15 is 0 Å². The van der Waals surface area contributed by atoms with Crippen molar-refractivity contribution in [1.29, 1.82) is 0 Å². The summed E-state index contributed by atoms with van der Waals surface area (Å²) < 4.78 is 25.4. The molecule has 5 rings (SSSR count). The molecule has 2 fully saturated rings. The minimum atomic E-state index is -0.274. The number of nitrogens with one attached hydrogen (secondary N) is 1. The second kappa shape index (κ2) is 10.8. The van der Waals surface area contributed by atoms with Gasteiger partial charge in [0.05, 0.1) is 12.2 Å². The van der Waals surface area contributed by atoms with E-state index < -0.39 is 0 Å². The van der Waals surface area contributed by atoms with Crippen LogP contribution in [0, 0.1) is 31.5 Å². The number of rotatable bonds is 5. The molecule has 7 nitrogen and oxygen atoms in total. The highest BCUT2D eigenvalue weighted by molar-refractivity contribution is 5.93. The van der Waals surface area contributed by atoms with Crippen LogP contribution in [-0.4, -0.2) is 55.0 Å². The maximum absolute atomic E-state index is 14.8. The van der Waals surface area contributed by atoms with Crippen LogP contribution < -0.4 is 10.2 Å². The first kappa shape index (κ1) is 24.5. The molecular formula is C26H36FN5O2. The topological polar surface area (TPSA) is 76.3 Å². The highest BCUT2D eigenvalue weighted by atomic mass is 19.1. The largest absolute Gasteiger partial charge is 0.381 e. The van der Waals surface area contributed by atoms with Crippen LogP contribution >= 0.6 is 0 Å². The SMILES string of the molecule is CCc1cc(F)c2nc(N3CCC(C)C3)c(-c3nc(C)no3)c(C)c2c1.CNCC1CCOC1. The number of anilines is 1. The molecule has 3 aromatic rings.